The van der Waals surface area contributed by atoms with Crippen LogP contribution in [0.5, 0.6) is 0 Å². The first-order valence-corrected chi connectivity index (χ1v) is 13.4. The molecule has 0 N–H and O–H groups in total. The van der Waals surface area contributed by atoms with Crippen LogP contribution in [0.15, 0.2) is 24.0 Å². The van der Waals surface area contributed by atoms with Crippen LogP contribution in [0.1, 0.15) is 79.6 Å². The molecule has 1 saturated heterocycles. The lowest BCUT2D eigenvalue weighted by Crippen LogP contribution is -2.57. The number of carbonyl (C=O) groups is 2. The van der Waals surface area contributed by atoms with Crippen LogP contribution in [0.4, 0.5) is 0 Å². The molecule has 0 bridgehead atoms. The van der Waals surface area contributed by atoms with Gasteiger partial charge in [-0.2, -0.15) is 0 Å². The Morgan fingerprint density at radius 3 is 2.41 bits per heavy atom. The number of Topliss-reactive ketones (excluding diaryl/α,β-unsaturated/α-hetero) is 1. The highest BCUT2D eigenvalue weighted by molar-refractivity contribution is 5.87. The molecule has 7 aliphatic rings. The van der Waals surface area contributed by atoms with Crippen molar-refractivity contribution in [2.45, 2.75) is 103 Å². The SMILES string of the molecule is CC1(C)OC1C1CC([C@@H]2CC[C@]34C[C@]23CC[C@H]2[C@H]4C(=O)C[C@H]3C(C)(C)OC(=O)C=C[C@]23C)=CO1. The number of cyclic esters (lactones) is 1. The highest BCUT2D eigenvalue weighted by Gasteiger charge is 2.81. The molecule has 3 aliphatic heterocycles. The van der Waals surface area contributed by atoms with Crippen molar-refractivity contribution in [3.63, 3.8) is 0 Å². The highest BCUT2D eigenvalue weighted by Crippen LogP contribution is 2.86. The molecule has 0 aromatic rings. The standard InChI is InChI=1S/C29H38O5/c1-25(2)21-13-19(30)23-18(27(21,5)9-8-22(31)33-25)7-10-28-15-29(23,28)11-6-17(28)16-12-20(32-14-16)24-26(3,4)34-24/h8-9,14,17-18,20-21,23-24H,6-7,10-13,15H2,1-5H3/t17-,18-,20?,21-,23-,24?,27+,28+,29+/m0/s1. The van der Waals surface area contributed by atoms with Gasteiger partial charge in [0.2, 0.25) is 0 Å². The Balaban J connectivity index is 1.18. The molecule has 0 aromatic carbocycles. The van der Waals surface area contributed by atoms with Crippen molar-refractivity contribution in [3.8, 4) is 0 Å². The molecular formula is C29H38O5. The van der Waals surface area contributed by atoms with Crippen molar-refractivity contribution in [1.82, 2.24) is 0 Å². The van der Waals surface area contributed by atoms with Crippen molar-refractivity contribution >= 4 is 11.8 Å². The van der Waals surface area contributed by atoms with E-state index in [2.05, 4.69) is 33.1 Å². The smallest absolute Gasteiger partial charge is 0.330 e. The number of fused-ring (bicyclic) bond motifs is 3. The minimum Gasteiger partial charge on any atom is -0.495 e. The second kappa shape index (κ2) is 6.19. The largest absolute Gasteiger partial charge is 0.495 e. The van der Waals surface area contributed by atoms with Gasteiger partial charge in [0.1, 0.15) is 23.6 Å². The number of esters is 1. The minimum absolute atomic E-state index is 0.0323. The average Bonchev–Trinajstić information content (AvgIpc) is 3.46. The van der Waals surface area contributed by atoms with Gasteiger partial charge >= 0.3 is 5.97 Å². The summed E-state index contributed by atoms with van der Waals surface area (Å²) in [6.45, 7) is 10.6. The monoisotopic (exact) mass is 466 g/mol. The molecular weight excluding hydrogens is 428 g/mol. The number of ether oxygens (including phenoxy) is 3. The van der Waals surface area contributed by atoms with Crippen LogP contribution in [0.2, 0.25) is 0 Å². The minimum atomic E-state index is -0.635. The first kappa shape index (κ1) is 21.6. The molecule has 7 rings (SSSR count). The van der Waals surface area contributed by atoms with Gasteiger partial charge in [-0.15, -0.1) is 0 Å². The van der Waals surface area contributed by atoms with E-state index in [9.17, 15) is 9.59 Å². The topological polar surface area (TPSA) is 65.1 Å². The Labute approximate surface area is 202 Å². The van der Waals surface area contributed by atoms with Crippen LogP contribution >= 0.6 is 0 Å². The molecule has 5 fully saturated rings. The lowest BCUT2D eigenvalue weighted by molar-refractivity contribution is -0.172. The third-order valence-electron chi connectivity index (χ3n) is 11.7. The number of rotatable bonds is 2. The Morgan fingerprint density at radius 1 is 0.941 bits per heavy atom. The van der Waals surface area contributed by atoms with E-state index in [1.165, 1.54) is 24.8 Å². The molecule has 4 saturated carbocycles. The first-order chi connectivity index (χ1) is 15.9. The number of epoxide rings is 1. The second-order valence-corrected chi connectivity index (χ2v) is 13.9. The van der Waals surface area contributed by atoms with E-state index in [1.807, 2.05) is 13.8 Å². The maximum Gasteiger partial charge on any atom is 0.330 e. The summed E-state index contributed by atoms with van der Waals surface area (Å²) < 4.78 is 17.8. The van der Waals surface area contributed by atoms with Crippen molar-refractivity contribution in [2.75, 3.05) is 0 Å². The summed E-state index contributed by atoms with van der Waals surface area (Å²) in [5, 5.41) is 0. The molecule has 5 nitrogen and oxygen atoms in total. The summed E-state index contributed by atoms with van der Waals surface area (Å²) in [6, 6.07) is 0. The molecule has 184 valence electrons. The maximum atomic E-state index is 13.9. The van der Waals surface area contributed by atoms with Crippen LogP contribution in [0, 0.1) is 39.9 Å². The zero-order valence-corrected chi connectivity index (χ0v) is 21.2. The summed E-state index contributed by atoms with van der Waals surface area (Å²) >= 11 is 0. The summed E-state index contributed by atoms with van der Waals surface area (Å²) in [4.78, 5) is 26.3. The summed E-state index contributed by atoms with van der Waals surface area (Å²) in [5.41, 5.74) is 1.00. The predicted molar refractivity (Wildman–Crippen MR) is 125 cm³/mol. The molecule has 9 atom stereocenters. The predicted octanol–water partition coefficient (Wildman–Crippen LogP) is 5.14. The third-order valence-corrected chi connectivity index (χ3v) is 11.7. The molecule has 2 unspecified atom stereocenters. The van der Waals surface area contributed by atoms with Crippen LogP contribution in [0.25, 0.3) is 0 Å². The van der Waals surface area contributed by atoms with Crippen LogP contribution in [-0.2, 0) is 23.8 Å². The van der Waals surface area contributed by atoms with Crippen molar-refractivity contribution in [1.29, 1.82) is 0 Å². The van der Waals surface area contributed by atoms with Crippen molar-refractivity contribution < 1.29 is 23.8 Å². The Bertz CT molecular complexity index is 1050. The van der Waals surface area contributed by atoms with Crippen molar-refractivity contribution in [3.05, 3.63) is 24.0 Å². The number of carbonyl (C=O) groups excluding carboxylic acids is 2. The normalized spacial score (nSPS) is 53.4. The van der Waals surface area contributed by atoms with E-state index in [0.717, 1.165) is 19.3 Å². The summed E-state index contributed by atoms with van der Waals surface area (Å²) in [7, 11) is 0. The lowest BCUT2D eigenvalue weighted by atomic mass is 9.47. The van der Waals surface area contributed by atoms with Crippen LogP contribution in [0.3, 0.4) is 0 Å². The summed E-state index contributed by atoms with van der Waals surface area (Å²) in [6.07, 6.45) is 13.4. The van der Waals surface area contributed by atoms with Crippen LogP contribution in [-0.4, -0.2) is 35.2 Å². The quantitative estimate of drug-likeness (QED) is 0.417. The molecule has 34 heavy (non-hydrogen) atoms. The molecule has 0 aromatic heterocycles. The zero-order chi connectivity index (χ0) is 23.9. The van der Waals surface area contributed by atoms with Gasteiger partial charge in [-0.3, -0.25) is 4.79 Å². The first-order valence-electron chi connectivity index (χ1n) is 13.4. The number of ketones is 1. The van der Waals surface area contributed by atoms with Crippen LogP contribution < -0.4 is 0 Å². The van der Waals surface area contributed by atoms with Gasteiger partial charge in [-0.05, 0) is 93.5 Å². The van der Waals surface area contributed by atoms with E-state index in [-0.39, 0.29) is 51.9 Å². The van der Waals surface area contributed by atoms with Gasteiger partial charge in [0.25, 0.3) is 0 Å². The highest BCUT2D eigenvalue weighted by atomic mass is 16.6. The average molecular weight is 467 g/mol. The molecule has 4 aliphatic carbocycles. The van der Waals surface area contributed by atoms with E-state index in [4.69, 9.17) is 14.2 Å². The third kappa shape index (κ3) is 2.50. The molecule has 0 radical (unpaired) electrons. The summed E-state index contributed by atoms with van der Waals surface area (Å²) in [5.74, 6) is 1.14. The Hall–Kier alpha value is -1.62. The van der Waals surface area contributed by atoms with Gasteiger partial charge in [0, 0.05) is 30.8 Å². The molecule has 5 heteroatoms. The zero-order valence-electron chi connectivity index (χ0n) is 21.2. The Kier molecular flexibility index (Phi) is 3.94. The molecule has 0 amide bonds. The van der Waals surface area contributed by atoms with Gasteiger partial charge < -0.3 is 14.2 Å². The van der Waals surface area contributed by atoms with Gasteiger partial charge in [-0.25, -0.2) is 4.79 Å². The lowest BCUT2D eigenvalue weighted by Gasteiger charge is -2.56. The van der Waals surface area contributed by atoms with Gasteiger partial charge in [0.05, 0.1) is 11.9 Å². The van der Waals surface area contributed by atoms with E-state index < -0.39 is 5.60 Å². The Morgan fingerprint density at radius 2 is 1.68 bits per heavy atom. The van der Waals surface area contributed by atoms with E-state index in [1.54, 1.807) is 6.08 Å². The number of allylic oxidation sites excluding steroid dienone is 1. The van der Waals surface area contributed by atoms with E-state index >= 15 is 0 Å². The molecule has 3 heterocycles. The fourth-order valence-electron chi connectivity index (χ4n) is 10.2. The van der Waals surface area contributed by atoms with Gasteiger partial charge in [0.15, 0.2) is 0 Å². The van der Waals surface area contributed by atoms with Gasteiger partial charge in [-0.1, -0.05) is 13.0 Å². The fourth-order valence-corrected chi connectivity index (χ4v) is 10.2. The fraction of sp³-hybridized carbons (Fsp3) is 0.793. The van der Waals surface area contributed by atoms with Crippen molar-refractivity contribution in [2.24, 2.45) is 39.9 Å². The molecule has 0 spiro atoms. The number of hydrogen-bond acceptors (Lipinski definition) is 5. The number of hydrogen-bond donors (Lipinski definition) is 0. The maximum absolute atomic E-state index is 13.9. The van der Waals surface area contributed by atoms with E-state index in [0.29, 0.717) is 24.0 Å². The second-order valence-electron chi connectivity index (χ2n) is 13.9.